The Bertz CT molecular complexity index is 1170. The number of pyridine rings is 1. The van der Waals surface area contributed by atoms with Crippen LogP contribution in [-0.4, -0.2) is 35.6 Å². The number of hydrogen-bond acceptors (Lipinski definition) is 5. The van der Waals surface area contributed by atoms with Crippen molar-refractivity contribution >= 4 is 22.8 Å². The number of methoxy groups -OCH3 is 2. The van der Waals surface area contributed by atoms with Gasteiger partial charge in [0.1, 0.15) is 0 Å². The van der Waals surface area contributed by atoms with Crippen molar-refractivity contribution in [1.29, 1.82) is 0 Å². The third-order valence-corrected chi connectivity index (χ3v) is 4.99. The van der Waals surface area contributed by atoms with Crippen molar-refractivity contribution < 1.29 is 23.5 Å². The number of aryl methyl sites for hydroxylation is 2. The number of esters is 1. The average molecular weight is 412 g/mol. The van der Waals surface area contributed by atoms with Crippen LogP contribution in [0.15, 0.2) is 24.4 Å². The van der Waals surface area contributed by atoms with Gasteiger partial charge in [-0.25, -0.2) is 14.2 Å². The van der Waals surface area contributed by atoms with Crippen molar-refractivity contribution in [2.24, 2.45) is 5.41 Å². The minimum Gasteiger partial charge on any atom is -0.493 e. The Morgan fingerprint density at radius 3 is 2.33 bits per heavy atom. The summed E-state index contributed by atoms with van der Waals surface area (Å²) in [5, 5.41) is 0.502. The Morgan fingerprint density at radius 2 is 1.77 bits per heavy atom. The first-order valence-electron chi connectivity index (χ1n) is 9.50. The maximum atomic E-state index is 15.1. The van der Waals surface area contributed by atoms with Crippen molar-refractivity contribution in [3.63, 3.8) is 0 Å². The molecule has 0 fully saturated rings. The van der Waals surface area contributed by atoms with E-state index in [2.05, 4.69) is 4.98 Å². The fourth-order valence-electron chi connectivity index (χ4n) is 3.45. The van der Waals surface area contributed by atoms with Crippen LogP contribution in [0.25, 0.3) is 22.2 Å². The third kappa shape index (κ3) is 3.44. The lowest BCUT2D eigenvalue weighted by Gasteiger charge is -2.18. The van der Waals surface area contributed by atoms with Gasteiger partial charge in [0.05, 0.1) is 25.4 Å². The molecule has 0 radical (unpaired) electrons. The standard InChI is InChI=1S/C23H25FN2O4/c1-12-8-9-14(18(24)20(12)29-6)15-10-16-17(19(25-15)21(27)30-7)13(2)11-26(16)22(28)23(3,4)5/h8-11H,1-7H3. The highest BCUT2D eigenvalue weighted by Gasteiger charge is 2.28. The van der Waals surface area contributed by atoms with Gasteiger partial charge >= 0.3 is 5.97 Å². The molecule has 0 unspecified atom stereocenters. The Morgan fingerprint density at radius 1 is 1.10 bits per heavy atom. The summed E-state index contributed by atoms with van der Waals surface area (Å²) in [5.74, 6) is -1.30. The number of ether oxygens (including phenoxy) is 2. The summed E-state index contributed by atoms with van der Waals surface area (Å²) >= 11 is 0. The molecule has 0 amide bonds. The van der Waals surface area contributed by atoms with Gasteiger partial charge in [0, 0.05) is 22.6 Å². The summed E-state index contributed by atoms with van der Waals surface area (Å²) in [6, 6.07) is 4.91. The summed E-state index contributed by atoms with van der Waals surface area (Å²) in [4.78, 5) is 29.9. The summed E-state index contributed by atoms with van der Waals surface area (Å²) in [6.45, 7) is 8.95. The van der Waals surface area contributed by atoms with Gasteiger partial charge in [-0.2, -0.15) is 0 Å². The highest BCUT2D eigenvalue weighted by molar-refractivity contribution is 6.07. The Balaban J connectivity index is 2.41. The van der Waals surface area contributed by atoms with Crippen molar-refractivity contribution in [3.05, 3.63) is 47.0 Å². The number of rotatable bonds is 3. The second-order valence-corrected chi connectivity index (χ2v) is 8.26. The largest absolute Gasteiger partial charge is 0.493 e. The molecule has 0 aliphatic heterocycles. The first-order valence-corrected chi connectivity index (χ1v) is 9.50. The first kappa shape index (κ1) is 21.5. The van der Waals surface area contributed by atoms with Crippen molar-refractivity contribution in [2.45, 2.75) is 34.6 Å². The molecule has 0 N–H and O–H groups in total. The number of carbonyl (C=O) groups is 2. The molecule has 2 aromatic heterocycles. The van der Waals surface area contributed by atoms with Gasteiger partial charge in [-0.15, -0.1) is 0 Å². The molecule has 30 heavy (non-hydrogen) atoms. The number of fused-ring (bicyclic) bond motifs is 1. The Kier molecular flexibility index (Phi) is 5.41. The van der Waals surface area contributed by atoms with Crippen LogP contribution in [-0.2, 0) is 4.74 Å². The van der Waals surface area contributed by atoms with Gasteiger partial charge in [-0.05, 0) is 37.1 Å². The number of nitrogens with zero attached hydrogens (tertiary/aromatic N) is 2. The fraction of sp³-hybridized carbons (Fsp3) is 0.348. The SMILES string of the molecule is COC(=O)c1nc(-c2ccc(C)c(OC)c2F)cc2c1c(C)cn2C(=O)C(C)(C)C. The van der Waals surface area contributed by atoms with Gasteiger partial charge in [0.25, 0.3) is 0 Å². The molecule has 0 saturated carbocycles. The molecule has 0 aliphatic carbocycles. The molecule has 7 heteroatoms. The molecule has 1 aromatic carbocycles. The molecule has 2 heterocycles. The van der Waals surface area contributed by atoms with Gasteiger partial charge in [0.2, 0.25) is 5.91 Å². The monoisotopic (exact) mass is 412 g/mol. The summed E-state index contributed by atoms with van der Waals surface area (Å²) in [7, 11) is 2.65. The zero-order valence-electron chi connectivity index (χ0n) is 18.2. The average Bonchev–Trinajstić information content (AvgIpc) is 3.02. The summed E-state index contributed by atoms with van der Waals surface area (Å²) < 4.78 is 26.7. The lowest BCUT2D eigenvalue weighted by atomic mass is 9.95. The molecular formula is C23H25FN2O4. The predicted octanol–water partition coefficient (Wildman–Crippen LogP) is 4.94. The van der Waals surface area contributed by atoms with E-state index in [-0.39, 0.29) is 28.6 Å². The van der Waals surface area contributed by atoms with Gasteiger partial charge in [-0.3, -0.25) is 9.36 Å². The molecule has 0 aliphatic rings. The molecule has 3 aromatic rings. The molecule has 0 saturated heterocycles. The normalized spacial score (nSPS) is 11.6. The molecule has 0 spiro atoms. The van der Waals surface area contributed by atoms with Gasteiger partial charge in [-0.1, -0.05) is 26.8 Å². The molecule has 0 atom stereocenters. The fourth-order valence-corrected chi connectivity index (χ4v) is 3.45. The Hall–Kier alpha value is -3.22. The maximum Gasteiger partial charge on any atom is 0.357 e. The lowest BCUT2D eigenvalue weighted by Crippen LogP contribution is -2.26. The first-order chi connectivity index (χ1) is 14.0. The van der Waals surface area contributed by atoms with Crippen LogP contribution >= 0.6 is 0 Å². The van der Waals surface area contributed by atoms with Crippen LogP contribution in [0.2, 0.25) is 0 Å². The predicted molar refractivity (Wildman–Crippen MR) is 113 cm³/mol. The van der Waals surface area contributed by atoms with Crippen LogP contribution < -0.4 is 4.74 Å². The minimum atomic E-state index is -0.662. The quantitative estimate of drug-likeness (QED) is 0.570. The van der Waals surface area contributed by atoms with E-state index < -0.39 is 17.2 Å². The zero-order chi connectivity index (χ0) is 22.4. The summed E-state index contributed by atoms with van der Waals surface area (Å²) in [5.41, 5.74) is 1.54. The van der Waals surface area contributed by atoms with E-state index in [4.69, 9.17) is 9.47 Å². The lowest BCUT2D eigenvalue weighted by molar-refractivity contribution is 0.0596. The number of aromatic nitrogens is 2. The van der Waals surface area contributed by atoms with Crippen molar-refractivity contribution in [2.75, 3.05) is 14.2 Å². The number of benzene rings is 1. The van der Waals surface area contributed by atoms with Crippen LogP contribution in [0.5, 0.6) is 5.75 Å². The highest BCUT2D eigenvalue weighted by atomic mass is 19.1. The van der Waals surface area contributed by atoms with Gasteiger partial charge in [0.15, 0.2) is 17.3 Å². The van der Waals surface area contributed by atoms with Crippen LogP contribution in [0, 0.1) is 25.1 Å². The molecule has 158 valence electrons. The maximum absolute atomic E-state index is 15.1. The molecular weight excluding hydrogens is 387 g/mol. The van der Waals surface area contributed by atoms with Gasteiger partial charge < -0.3 is 9.47 Å². The second-order valence-electron chi connectivity index (χ2n) is 8.26. The van der Waals surface area contributed by atoms with E-state index in [1.54, 1.807) is 38.2 Å². The molecule has 6 nitrogen and oxygen atoms in total. The smallest absolute Gasteiger partial charge is 0.357 e. The van der Waals surface area contributed by atoms with E-state index in [0.717, 1.165) is 0 Å². The molecule has 3 rings (SSSR count). The topological polar surface area (TPSA) is 70.4 Å². The number of carbonyl (C=O) groups excluding carboxylic acids is 2. The van der Waals surface area contributed by atoms with Crippen LogP contribution in [0.1, 0.15) is 47.2 Å². The zero-order valence-corrected chi connectivity index (χ0v) is 18.2. The highest BCUT2D eigenvalue weighted by Crippen LogP contribution is 2.35. The van der Waals surface area contributed by atoms with E-state index in [1.807, 2.05) is 20.8 Å². The Labute approximate surface area is 174 Å². The van der Waals surface area contributed by atoms with E-state index in [9.17, 15) is 9.59 Å². The minimum absolute atomic E-state index is 0.0295. The second kappa shape index (κ2) is 7.55. The third-order valence-electron chi connectivity index (χ3n) is 4.99. The summed E-state index contributed by atoms with van der Waals surface area (Å²) in [6.07, 6.45) is 1.67. The van der Waals surface area contributed by atoms with Crippen LogP contribution in [0.4, 0.5) is 4.39 Å². The number of halogens is 1. The van der Waals surface area contributed by atoms with Crippen LogP contribution in [0.3, 0.4) is 0 Å². The molecule has 0 bridgehead atoms. The van der Waals surface area contributed by atoms with E-state index in [1.165, 1.54) is 18.8 Å². The van der Waals surface area contributed by atoms with Crippen molar-refractivity contribution in [3.8, 4) is 17.0 Å². The van der Waals surface area contributed by atoms with E-state index >= 15 is 4.39 Å². The number of hydrogen-bond donors (Lipinski definition) is 0. The van der Waals surface area contributed by atoms with Crippen molar-refractivity contribution in [1.82, 2.24) is 9.55 Å². The van der Waals surface area contributed by atoms with E-state index in [0.29, 0.717) is 22.0 Å².